The lowest BCUT2D eigenvalue weighted by Gasteiger charge is -1.98. The zero-order valence-electron chi connectivity index (χ0n) is 10.4. The number of aliphatic hydroxyl groups is 1. The Morgan fingerprint density at radius 3 is 1.94 bits per heavy atom. The molecule has 0 heterocycles. The molecule has 0 aromatic carbocycles. The third-order valence-corrected chi connectivity index (χ3v) is 2.25. The zero-order valence-corrected chi connectivity index (χ0v) is 10.4. The largest absolute Gasteiger partial charge is 0.483 e. The standard InChI is InChI=1S/C12H24O.CH2O2/c1-2-3-4-5-6-7-8-9-10-11-12-13;2-1-3/h10-11,13H,2-9,12H2,1H3;1H,(H,2,3). The fourth-order valence-electron chi connectivity index (χ4n) is 1.41. The maximum Gasteiger partial charge on any atom is 0.290 e. The van der Waals surface area contributed by atoms with Crippen molar-refractivity contribution >= 4 is 6.47 Å². The minimum Gasteiger partial charge on any atom is -0.483 e. The van der Waals surface area contributed by atoms with Gasteiger partial charge in [-0.3, -0.25) is 4.79 Å². The van der Waals surface area contributed by atoms with Gasteiger partial charge in [-0.05, 0) is 12.8 Å². The Kier molecular flexibility index (Phi) is 21.6. The third kappa shape index (κ3) is 23.2. The highest BCUT2D eigenvalue weighted by Gasteiger charge is 1.88. The molecule has 0 aliphatic heterocycles. The van der Waals surface area contributed by atoms with Gasteiger partial charge in [-0.1, -0.05) is 57.6 Å². The summed E-state index contributed by atoms with van der Waals surface area (Å²) >= 11 is 0. The van der Waals surface area contributed by atoms with Gasteiger partial charge in [0, 0.05) is 0 Å². The van der Waals surface area contributed by atoms with Crippen LogP contribution in [-0.2, 0) is 4.79 Å². The number of hydrogen-bond donors (Lipinski definition) is 2. The first-order valence-corrected chi connectivity index (χ1v) is 6.17. The van der Waals surface area contributed by atoms with E-state index in [4.69, 9.17) is 15.0 Å². The second-order valence-corrected chi connectivity index (χ2v) is 3.67. The summed E-state index contributed by atoms with van der Waals surface area (Å²) in [5, 5.41) is 15.4. The van der Waals surface area contributed by atoms with E-state index < -0.39 is 0 Å². The lowest BCUT2D eigenvalue weighted by Crippen LogP contribution is -1.79. The van der Waals surface area contributed by atoms with Gasteiger partial charge in [0.05, 0.1) is 6.61 Å². The molecule has 0 rings (SSSR count). The monoisotopic (exact) mass is 230 g/mol. The SMILES string of the molecule is CCCCCCCCCC=CCO.O=CO. The van der Waals surface area contributed by atoms with Crippen molar-refractivity contribution in [3.05, 3.63) is 12.2 Å². The fourth-order valence-corrected chi connectivity index (χ4v) is 1.41. The van der Waals surface area contributed by atoms with E-state index in [1.165, 1.54) is 44.9 Å². The number of aliphatic hydroxyl groups excluding tert-OH is 1. The van der Waals surface area contributed by atoms with Crippen molar-refractivity contribution in [2.75, 3.05) is 6.61 Å². The van der Waals surface area contributed by atoms with Gasteiger partial charge in [0.25, 0.3) is 6.47 Å². The maximum absolute atomic E-state index is 8.48. The molecule has 3 heteroatoms. The summed E-state index contributed by atoms with van der Waals surface area (Å²) in [6, 6.07) is 0. The molecule has 0 saturated carbocycles. The van der Waals surface area contributed by atoms with Crippen LogP contribution in [0, 0.1) is 0 Å². The van der Waals surface area contributed by atoms with E-state index in [0.29, 0.717) is 0 Å². The van der Waals surface area contributed by atoms with Gasteiger partial charge in [0.15, 0.2) is 0 Å². The van der Waals surface area contributed by atoms with Crippen molar-refractivity contribution < 1.29 is 15.0 Å². The van der Waals surface area contributed by atoms with Crippen molar-refractivity contribution in [2.45, 2.75) is 58.3 Å². The van der Waals surface area contributed by atoms with Crippen LogP contribution >= 0.6 is 0 Å². The summed E-state index contributed by atoms with van der Waals surface area (Å²) in [6.07, 6.45) is 14.6. The molecule has 0 spiro atoms. The third-order valence-electron chi connectivity index (χ3n) is 2.25. The van der Waals surface area contributed by atoms with Gasteiger partial charge in [-0.25, -0.2) is 0 Å². The van der Waals surface area contributed by atoms with E-state index in [2.05, 4.69) is 13.0 Å². The lowest BCUT2D eigenvalue weighted by molar-refractivity contribution is -0.122. The molecule has 0 unspecified atom stereocenters. The van der Waals surface area contributed by atoms with E-state index >= 15 is 0 Å². The molecule has 0 aliphatic carbocycles. The first-order chi connectivity index (χ1) is 7.83. The van der Waals surface area contributed by atoms with Crippen LogP contribution in [0.25, 0.3) is 0 Å². The van der Waals surface area contributed by atoms with Gasteiger partial charge in [0.2, 0.25) is 0 Å². The Bertz CT molecular complexity index is 144. The Hall–Kier alpha value is -0.830. The van der Waals surface area contributed by atoms with Crippen LogP contribution in [-0.4, -0.2) is 23.3 Å². The fraction of sp³-hybridized carbons (Fsp3) is 0.769. The smallest absolute Gasteiger partial charge is 0.290 e. The summed E-state index contributed by atoms with van der Waals surface area (Å²) in [5.41, 5.74) is 0. The summed E-state index contributed by atoms with van der Waals surface area (Å²) < 4.78 is 0. The van der Waals surface area contributed by atoms with Gasteiger partial charge in [0.1, 0.15) is 0 Å². The molecule has 0 atom stereocenters. The van der Waals surface area contributed by atoms with Gasteiger partial charge < -0.3 is 10.2 Å². The molecule has 0 aromatic rings. The highest BCUT2D eigenvalue weighted by atomic mass is 16.3. The van der Waals surface area contributed by atoms with Crippen molar-refractivity contribution in [1.82, 2.24) is 0 Å². The summed E-state index contributed by atoms with van der Waals surface area (Å²) in [4.78, 5) is 8.36. The molecule has 3 nitrogen and oxygen atoms in total. The second-order valence-electron chi connectivity index (χ2n) is 3.67. The molecule has 0 fully saturated rings. The van der Waals surface area contributed by atoms with Crippen LogP contribution in [0.4, 0.5) is 0 Å². The van der Waals surface area contributed by atoms with Crippen molar-refractivity contribution in [2.24, 2.45) is 0 Å². The number of carboxylic acid groups (broad SMARTS) is 1. The number of hydrogen-bond acceptors (Lipinski definition) is 2. The van der Waals surface area contributed by atoms with Crippen LogP contribution in [0.1, 0.15) is 58.3 Å². The first kappa shape index (κ1) is 17.6. The predicted octanol–water partition coefficient (Wildman–Crippen LogP) is 3.38. The van der Waals surface area contributed by atoms with Crippen LogP contribution < -0.4 is 0 Å². The van der Waals surface area contributed by atoms with Crippen LogP contribution in [0.5, 0.6) is 0 Å². The number of unbranched alkanes of at least 4 members (excludes halogenated alkanes) is 7. The summed E-state index contributed by atoms with van der Waals surface area (Å²) in [5.74, 6) is 0. The molecule has 96 valence electrons. The van der Waals surface area contributed by atoms with Crippen LogP contribution in [0.3, 0.4) is 0 Å². The van der Waals surface area contributed by atoms with Crippen molar-refractivity contribution in [3.63, 3.8) is 0 Å². The molecular weight excluding hydrogens is 204 g/mol. The summed E-state index contributed by atoms with van der Waals surface area (Å²) in [6.45, 7) is 2.19. The maximum atomic E-state index is 8.48. The molecule has 0 radical (unpaired) electrons. The molecule has 0 aliphatic rings. The Labute approximate surface area is 99.2 Å². The molecule has 0 amide bonds. The Balaban J connectivity index is 0. The highest BCUT2D eigenvalue weighted by molar-refractivity contribution is 5.32. The number of rotatable bonds is 9. The van der Waals surface area contributed by atoms with E-state index in [0.717, 1.165) is 6.42 Å². The number of allylic oxidation sites excluding steroid dienone is 1. The van der Waals surface area contributed by atoms with E-state index in [1.807, 2.05) is 6.08 Å². The van der Waals surface area contributed by atoms with Crippen molar-refractivity contribution in [3.8, 4) is 0 Å². The van der Waals surface area contributed by atoms with E-state index in [9.17, 15) is 0 Å². The molecule has 2 N–H and O–H groups in total. The normalized spacial score (nSPS) is 9.88. The molecule has 0 saturated heterocycles. The number of carbonyl (C=O) groups is 1. The highest BCUT2D eigenvalue weighted by Crippen LogP contribution is 2.08. The van der Waals surface area contributed by atoms with E-state index in [-0.39, 0.29) is 13.1 Å². The van der Waals surface area contributed by atoms with Crippen molar-refractivity contribution in [1.29, 1.82) is 0 Å². The van der Waals surface area contributed by atoms with E-state index in [1.54, 1.807) is 0 Å². The molecule has 16 heavy (non-hydrogen) atoms. The summed E-state index contributed by atoms with van der Waals surface area (Å²) in [7, 11) is 0. The predicted molar refractivity (Wildman–Crippen MR) is 67.5 cm³/mol. The average molecular weight is 230 g/mol. The quantitative estimate of drug-likeness (QED) is 0.363. The topological polar surface area (TPSA) is 57.5 Å². The Morgan fingerprint density at radius 1 is 0.938 bits per heavy atom. The minimum atomic E-state index is -0.250. The van der Waals surface area contributed by atoms with Crippen LogP contribution in [0.15, 0.2) is 12.2 Å². The van der Waals surface area contributed by atoms with Gasteiger partial charge in [-0.15, -0.1) is 0 Å². The first-order valence-electron chi connectivity index (χ1n) is 6.17. The minimum absolute atomic E-state index is 0.191. The average Bonchev–Trinajstić information content (AvgIpc) is 2.28. The lowest BCUT2D eigenvalue weighted by atomic mass is 10.1. The van der Waals surface area contributed by atoms with Gasteiger partial charge in [-0.2, -0.15) is 0 Å². The molecular formula is C13H26O3. The second kappa shape index (κ2) is 19.7. The van der Waals surface area contributed by atoms with Crippen LogP contribution in [0.2, 0.25) is 0 Å². The zero-order chi connectivity index (χ0) is 12.5. The Morgan fingerprint density at radius 2 is 1.44 bits per heavy atom. The molecule has 0 aromatic heterocycles. The van der Waals surface area contributed by atoms with Gasteiger partial charge >= 0.3 is 0 Å². The molecule has 0 bridgehead atoms.